The van der Waals surface area contributed by atoms with E-state index in [0.717, 1.165) is 77.0 Å². The molecule has 0 saturated carbocycles. The lowest BCUT2D eigenvalue weighted by molar-refractivity contribution is -0.870. The Morgan fingerprint density at radius 3 is 1.28 bits per heavy atom. The number of carbonyl (C=O) groups excluding carboxylic acids is 1. The maximum Gasteiger partial charge on any atom is 0.472 e. The van der Waals surface area contributed by atoms with Gasteiger partial charge in [0.2, 0.25) is 0 Å². The van der Waals surface area contributed by atoms with Crippen LogP contribution >= 0.6 is 7.82 Å². The van der Waals surface area contributed by atoms with Gasteiger partial charge in [0.25, 0.3) is 0 Å². The summed E-state index contributed by atoms with van der Waals surface area (Å²) >= 11 is 0. The molecule has 400 valence electrons. The van der Waals surface area contributed by atoms with E-state index in [1.165, 1.54) is 135 Å². The molecule has 1 N–H and O–H groups in total. The zero-order valence-corrected chi connectivity index (χ0v) is 46.4. The van der Waals surface area contributed by atoms with Crippen molar-refractivity contribution >= 4 is 13.8 Å². The molecule has 0 spiro atoms. The average molecular weight is 988 g/mol. The van der Waals surface area contributed by atoms with Crippen molar-refractivity contribution in [2.24, 2.45) is 0 Å². The van der Waals surface area contributed by atoms with Crippen LogP contribution in [-0.4, -0.2) is 75.6 Å². The Kier molecular flexibility index (Phi) is 50.3. The summed E-state index contributed by atoms with van der Waals surface area (Å²) in [4.78, 5) is 23.1. The third kappa shape index (κ3) is 56.5. The average Bonchev–Trinajstić information content (AvgIpc) is 3.31. The first-order chi connectivity index (χ1) is 33.6. The first-order valence-electron chi connectivity index (χ1n) is 28.3. The van der Waals surface area contributed by atoms with E-state index in [9.17, 15) is 14.3 Å². The van der Waals surface area contributed by atoms with Gasteiger partial charge in [-0.25, -0.2) is 4.57 Å². The van der Waals surface area contributed by atoms with Crippen LogP contribution in [0.4, 0.5) is 0 Å². The van der Waals surface area contributed by atoms with Gasteiger partial charge in [-0.2, -0.15) is 0 Å². The maximum absolute atomic E-state index is 12.8. The summed E-state index contributed by atoms with van der Waals surface area (Å²) in [5, 5.41) is 0. The van der Waals surface area contributed by atoms with Crippen molar-refractivity contribution in [3.63, 3.8) is 0 Å². The number of likely N-dealkylation sites (N-methyl/N-ethyl adjacent to an activating group) is 1. The molecule has 0 amide bonds. The third-order valence-electron chi connectivity index (χ3n) is 11.9. The summed E-state index contributed by atoms with van der Waals surface area (Å²) in [5.41, 5.74) is 0. The number of unbranched alkanes of at least 4 members (excludes halogenated alkanes) is 24. The molecule has 0 aliphatic heterocycles. The Morgan fingerprint density at radius 2 is 0.841 bits per heavy atom. The number of nitrogens with zero attached hydrogens (tertiary/aromatic N) is 1. The van der Waals surface area contributed by atoms with Crippen LogP contribution in [-0.2, 0) is 27.9 Å². The summed E-state index contributed by atoms with van der Waals surface area (Å²) in [6.45, 7) is 5.49. The fourth-order valence-corrected chi connectivity index (χ4v) is 8.35. The molecule has 0 fully saturated rings. The molecule has 2 unspecified atom stereocenters. The normalized spacial score (nSPS) is 14.1. The SMILES string of the molecule is CC/C=C\C/C=C\C/C=C\C/C=C\C/C=C\C/C=C\CCCCCCCCCOCC(COP(=O)(O)OCC[N+](C)(C)C)OC(=O)CCCCCCCCCCC/C=C\CCCCCCCCCC. The molecule has 0 aliphatic carbocycles. The summed E-state index contributed by atoms with van der Waals surface area (Å²) in [6.07, 6.45) is 70.7. The third-order valence-corrected chi connectivity index (χ3v) is 12.9. The van der Waals surface area contributed by atoms with Gasteiger partial charge in [-0.1, -0.05) is 221 Å². The number of phosphoric ester groups is 1. The zero-order valence-electron chi connectivity index (χ0n) is 45.5. The Bertz CT molecular complexity index is 1380. The van der Waals surface area contributed by atoms with E-state index in [2.05, 4.69) is 98.9 Å². The van der Waals surface area contributed by atoms with Crippen LogP contribution in [0.3, 0.4) is 0 Å². The number of rotatable bonds is 52. The number of phosphoric acid groups is 1. The second-order valence-electron chi connectivity index (χ2n) is 19.9. The number of hydrogen-bond donors (Lipinski definition) is 1. The predicted octanol–water partition coefficient (Wildman–Crippen LogP) is 18.0. The molecule has 8 nitrogen and oxygen atoms in total. The van der Waals surface area contributed by atoms with Gasteiger partial charge in [-0.05, 0) is 89.9 Å². The Labute approximate surface area is 426 Å². The van der Waals surface area contributed by atoms with Crippen LogP contribution in [0, 0.1) is 0 Å². The quantitative estimate of drug-likeness (QED) is 0.0213. The van der Waals surface area contributed by atoms with Crippen molar-refractivity contribution in [2.75, 3.05) is 54.1 Å². The largest absolute Gasteiger partial charge is 0.472 e. The van der Waals surface area contributed by atoms with Crippen molar-refractivity contribution in [1.29, 1.82) is 0 Å². The molecule has 0 heterocycles. The topological polar surface area (TPSA) is 91.3 Å². The number of esters is 1. The van der Waals surface area contributed by atoms with Crippen molar-refractivity contribution in [1.82, 2.24) is 0 Å². The minimum atomic E-state index is -4.29. The minimum Gasteiger partial charge on any atom is -0.457 e. The highest BCUT2D eigenvalue weighted by atomic mass is 31.2. The van der Waals surface area contributed by atoms with Crippen LogP contribution in [0.2, 0.25) is 0 Å². The molecule has 0 saturated heterocycles. The van der Waals surface area contributed by atoms with Gasteiger partial charge in [0.15, 0.2) is 0 Å². The number of carbonyl (C=O) groups is 1. The highest BCUT2D eigenvalue weighted by Crippen LogP contribution is 2.43. The molecular weight excluding hydrogens is 878 g/mol. The van der Waals surface area contributed by atoms with Gasteiger partial charge in [0.1, 0.15) is 19.3 Å². The van der Waals surface area contributed by atoms with Crippen molar-refractivity contribution in [2.45, 2.75) is 238 Å². The second-order valence-corrected chi connectivity index (χ2v) is 21.4. The number of ether oxygens (including phenoxy) is 2. The van der Waals surface area contributed by atoms with Crippen molar-refractivity contribution in [3.05, 3.63) is 85.1 Å². The number of allylic oxidation sites excluding steroid dienone is 14. The van der Waals surface area contributed by atoms with E-state index in [1.807, 2.05) is 21.1 Å². The first kappa shape index (κ1) is 66.7. The minimum absolute atomic E-state index is 0.0821. The van der Waals surface area contributed by atoms with Crippen LogP contribution < -0.4 is 0 Å². The van der Waals surface area contributed by atoms with Gasteiger partial charge in [-0.3, -0.25) is 13.8 Å². The van der Waals surface area contributed by atoms with Crippen LogP contribution in [0.15, 0.2) is 85.1 Å². The lowest BCUT2D eigenvalue weighted by Gasteiger charge is -2.24. The fraction of sp³-hybridized carbons (Fsp3) is 0.750. The van der Waals surface area contributed by atoms with Crippen LogP contribution in [0.1, 0.15) is 232 Å². The molecule has 0 aromatic heterocycles. The molecule has 69 heavy (non-hydrogen) atoms. The van der Waals surface area contributed by atoms with E-state index >= 15 is 0 Å². The Morgan fingerprint density at radius 1 is 0.464 bits per heavy atom. The van der Waals surface area contributed by atoms with E-state index in [1.54, 1.807) is 0 Å². The molecule has 0 bridgehead atoms. The highest BCUT2D eigenvalue weighted by molar-refractivity contribution is 7.47. The number of quaternary nitrogens is 1. The summed E-state index contributed by atoms with van der Waals surface area (Å²) in [7, 11) is 1.65. The van der Waals surface area contributed by atoms with Gasteiger partial charge in [0.05, 0.1) is 34.4 Å². The fourth-order valence-electron chi connectivity index (χ4n) is 7.61. The molecule has 0 rings (SSSR count). The van der Waals surface area contributed by atoms with Gasteiger partial charge >= 0.3 is 13.8 Å². The smallest absolute Gasteiger partial charge is 0.457 e. The summed E-state index contributed by atoms with van der Waals surface area (Å²) < 4.78 is 35.2. The number of hydrogen-bond acceptors (Lipinski definition) is 6. The van der Waals surface area contributed by atoms with E-state index in [4.69, 9.17) is 18.5 Å². The standard InChI is InChI=1S/C60H108NO7P/c1-6-8-10-12-14-16-18-20-22-24-26-28-29-30-31-32-34-36-38-40-42-44-46-48-50-52-55-65-57-59(58-67-69(63,64)66-56-54-61(3,4)5)68-60(62)53-51-49-47-45-43-41-39-37-35-33-27-25-23-21-19-17-15-13-11-9-7-2/h8,10,14,16,20,22,25-28,30-31,34,36,59H,6-7,9,11-13,15,17-19,21,23-24,29,32-33,35,37-58H2,1-5H3/p+1/b10-8-,16-14-,22-20-,27-25-,28-26-,31-30-,36-34-. The monoisotopic (exact) mass is 987 g/mol. The van der Waals surface area contributed by atoms with E-state index in [-0.39, 0.29) is 25.8 Å². The zero-order chi connectivity index (χ0) is 50.5. The van der Waals surface area contributed by atoms with Crippen LogP contribution in [0.5, 0.6) is 0 Å². The maximum atomic E-state index is 12.8. The molecule has 9 heteroatoms. The van der Waals surface area contributed by atoms with Crippen LogP contribution in [0.25, 0.3) is 0 Å². The molecule has 0 radical (unpaired) electrons. The lowest BCUT2D eigenvalue weighted by atomic mass is 10.1. The van der Waals surface area contributed by atoms with Crippen molar-refractivity contribution in [3.8, 4) is 0 Å². The molecular formula is C60H109NO7P+. The van der Waals surface area contributed by atoms with E-state index in [0.29, 0.717) is 24.1 Å². The molecule has 2 atom stereocenters. The Balaban J connectivity index is 4.14. The van der Waals surface area contributed by atoms with Gasteiger partial charge in [-0.15, -0.1) is 0 Å². The Hall–Kier alpha value is -2.32. The summed E-state index contributed by atoms with van der Waals surface area (Å²) in [5.74, 6) is -0.321. The first-order valence-corrected chi connectivity index (χ1v) is 29.8. The van der Waals surface area contributed by atoms with Crippen molar-refractivity contribution < 1.29 is 37.3 Å². The van der Waals surface area contributed by atoms with E-state index < -0.39 is 13.9 Å². The molecule has 0 aliphatic rings. The highest BCUT2D eigenvalue weighted by Gasteiger charge is 2.26. The molecule has 0 aromatic carbocycles. The summed E-state index contributed by atoms with van der Waals surface area (Å²) in [6, 6.07) is 0. The lowest BCUT2D eigenvalue weighted by Crippen LogP contribution is -2.37. The van der Waals surface area contributed by atoms with Gasteiger partial charge < -0.3 is 18.9 Å². The predicted molar refractivity (Wildman–Crippen MR) is 298 cm³/mol. The second kappa shape index (κ2) is 52.0. The van der Waals surface area contributed by atoms with Gasteiger partial charge in [0, 0.05) is 13.0 Å². The molecule has 0 aromatic rings.